The summed E-state index contributed by atoms with van der Waals surface area (Å²) in [6.07, 6.45) is 1.93. The number of rotatable bonds is 6. The van der Waals surface area contributed by atoms with Crippen LogP contribution in [0.15, 0.2) is 18.2 Å². The van der Waals surface area contributed by atoms with Gasteiger partial charge >= 0.3 is 0 Å². The predicted molar refractivity (Wildman–Crippen MR) is 104 cm³/mol. The fraction of sp³-hybridized carbons (Fsp3) is 0.632. The Kier molecular flexibility index (Phi) is 5.88. The van der Waals surface area contributed by atoms with Gasteiger partial charge in [0.25, 0.3) is 5.91 Å². The van der Waals surface area contributed by atoms with Crippen molar-refractivity contribution < 1.29 is 27.4 Å². The molecule has 1 aromatic carbocycles. The Bertz CT molecular complexity index is 843. The number of carbonyl (C=O) groups excluding carboxylic acids is 1. The Morgan fingerprint density at radius 3 is 2.57 bits per heavy atom. The zero-order valence-corrected chi connectivity index (χ0v) is 17.6. The molecule has 3 rings (SSSR count). The summed E-state index contributed by atoms with van der Waals surface area (Å²) in [5.41, 5.74) is 0.221. The first kappa shape index (κ1) is 20.9. The highest BCUT2D eigenvalue weighted by Crippen LogP contribution is 2.44. The van der Waals surface area contributed by atoms with Crippen molar-refractivity contribution in [1.29, 1.82) is 0 Å². The number of sulfonamides is 1. The van der Waals surface area contributed by atoms with Crippen LogP contribution in [-0.2, 0) is 14.8 Å². The molecule has 2 unspecified atom stereocenters. The highest BCUT2D eigenvalue weighted by molar-refractivity contribution is 7.88. The Balaban J connectivity index is 1.83. The topological polar surface area (TPSA) is 85.4 Å². The summed E-state index contributed by atoms with van der Waals surface area (Å²) in [6.45, 7) is 2.37. The average Bonchev–Trinajstić information content (AvgIpc) is 3.06. The summed E-state index contributed by atoms with van der Waals surface area (Å²) in [7, 11) is 1.43. The smallest absolute Gasteiger partial charge is 0.257 e. The molecule has 0 radical (unpaired) electrons. The Labute approximate surface area is 166 Å². The monoisotopic (exact) mass is 412 g/mol. The van der Waals surface area contributed by atoms with E-state index in [0.717, 1.165) is 0 Å². The SMILES string of the molecule is COCC12CCN(C(=O)c3ccc(OC)cc3OC)CC1CN(S(C)(=O)=O)C2. The van der Waals surface area contributed by atoms with Crippen molar-refractivity contribution >= 4 is 15.9 Å². The van der Waals surface area contributed by atoms with Crippen LogP contribution in [0.3, 0.4) is 0 Å². The van der Waals surface area contributed by atoms with Gasteiger partial charge in [-0.15, -0.1) is 0 Å². The van der Waals surface area contributed by atoms with Gasteiger partial charge in [-0.1, -0.05) is 0 Å². The molecule has 2 aliphatic heterocycles. The normalized spacial score (nSPS) is 25.4. The second-order valence-corrected chi connectivity index (χ2v) is 9.60. The lowest BCUT2D eigenvalue weighted by molar-refractivity contribution is 0.00333. The van der Waals surface area contributed by atoms with Gasteiger partial charge in [-0.2, -0.15) is 0 Å². The zero-order valence-electron chi connectivity index (χ0n) is 16.8. The molecule has 0 aromatic heterocycles. The minimum absolute atomic E-state index is 0.0316. The van der Waals surface area contributed by atoms with Crippen molar-refractivity contribution in [3.05, 3.63) is 23.8 Å². The third-order valence-corrected chi connectivity index (χ3v) is 7.15. The molecule has 1 aromatic rings. The van der Waals surface area contributed by atoms with E-state index in [1.165, 1.54) is 17.7 Å². The van der Waals surface area contributed by atoms with Gasteiger partial charge in [0.1, 0.15) is 11.5 Å². The Morgan fingerprint density at radius 1 is 1.21 bits per heavy atom. The van der Waals surface area contributed by atoms with Crippen LogP contribution in [0.1, 0.15) is 16.8 Å². The molecule has 156 valence electrons. The van der Waals surface area contributed by atoms with Crippen LogP contribution in [-0.4, -0.2) is 83.9 Å². The lowest BCUT2D eigenvalue weighted by atomic mass is 9.73. The maximum atomic E-state index is 13.2. The average molecular weight is 413 g/mol. The number of hydrogen-bond donors (Lipinski definition) is 0. The van der Waals surface area contributed by atoms with Crippen molar-refractivity contribution in [2.24, 2.45) is 11.3 Å². The van der Waals surface area contributed by atoms with Gasteiger partial charge in [0.15, 0.2) is 0 Å². The number of carbonyl (C=O) groups is 1. The minimum atomic E-state index is -3.29. The molecular formula is C19H28N2O6S. The number of methoxy groups -OCH3 is 3. The van der Waals surface area contributed by atoms with Crippen molar-refractivity contribution in [2.75, 3.05) is 60.4 Å². The fourth-order valence-electron chi connectivity index (χ4n) is 4.34. The van der Waals surface area contributed by atoms with Gasteiger partial charge in [-0.3, -0.25) is 4.79 Å². The Morgan fingerprint density at radius 2 is 1.96 bits per heavy atom. The zero-order chi connectivity index (χ0) is 20.5. The van der Waals surface area contributed by atoms with E-state index in [4.69, 9.17) is 14.2 Å². The number of amides is 1. The van der Waals surface area contributed by atoms with Crippen LogP contribution in [0.5, 0.6) is 11.5 Å². The van der Waals surface area contributed by atoms with Crippen LogP contribution in [0.2, 0.25) is 0 Å². The first-order valence-corrected chi connectivity index (χ1v) is 11.0. The van der Waals surface area contributed by atoms with E-state index in [1.54, 1.807) is 37.3 Å². The highest BCUT2D eigenvalue weighted by Gasteiger charge is 2.52. The van der Waals surface area contributed by atoms with Gasteiger partial charge in [-0.05, 0) is 24.5 Å². The third-order valence-electron chi connectivity index (χ3n) is 5.93. The summed E-state index contributed by atoms with van der Waals surface area (Å²) in [5.74, 6) is 0.987. The van der Waals surface area contributed by atoms with E-state index >= 15 is 0 Å². The quantitative estimate of drug-likeness (QED) is 0.695. The van der Waals surface area contributed by atoms with E-state index < -0.39 is 10.0 Å². The molecule has 2 saturated heterocycles. The second-order valence-electron chi connectivity index (χ2n) is 7.62. The molecule has 0 spiro atoms. The van der Waals surface area contributed by atoms with Gasteiger partial charge < -0.3 is 19.1 Å². The standard InChI is InChI=1S/C19H28N2O6S/c1-25-13-19-7-8-20(10-14(19)11-21(12-19)28(4,23)24)18(22)16-6-5-15(26-2)9-17(16)27-3/h5-6,9,14H,7-8,10-13H2,1-4H3. The van der Waals surface area contributed by atoms with E-state index in [1.807, 2.05) is 0 Å². The molecule has 0 N–H and O–H groups in total. The summed E-state index contributed by atoms with van der Waals surface area (Å²) in [5, 5.41) is 0. The minimum Gasteiger partial charge on any atom is -0.497 e. The van der Waals surface area contributed by atoms with Crippen molar-refractivity contribution in [1.82, 2.24) is 9.21 Å². The Hall–Kier alpha value is -1.84. The molecule has 28 heavy (non-hydrogen) atoms. The maximum absolute atomic E-state index is 13.2. The molecule has 8 nitrogen and oxygen atoms in total. The molecule has 9 heteroatoms. The first-order chi connectivity index (χ1) is 13.2. The summed E-state index contributed by atoms with van der Waals surface area (Å²) < 4.78 is 41.7. The molecule has 1 amide bonds. The van der Waals surface area contributed by atoms with Crippen LogP contribution >= 0.6 is 0 Å². The maximum Gasteiger partial charge on any atom is 0.257 e. The summed E-state index contributed by atoms with van der Waals surface area (Å²) >= 11 is 0. The van der Waals surface area contributed by atoms with Crippen LogP contribution < -0.4 is 9.47 Å². The number of benzene rings is 1. The van der Waals surface area contributed by atoms with E-state index in [0.29, 0.717) is 56.3 Å². The van der Waals surface area contributed by atoms with Crippen LogP contribution in [0, 0.1) is 11.3 Å². The number of likely N-dealkylation sites (tertiary alicyclic amines) is 1. The van der Waals surface area contributed by atoms with Crippen LogP contribution in [0.25, 0.3) is 0 Å². The highest BCUT2D eigenvalue weighted by atomic mass is 32.2. The number of ether oxygens (including phenoxy) is 3. The van der Waals surface area contributed by atoms with Crippen molar-refractivity contribution in [3.8, 4) is 11.5 Å². The van der Waals surface area contributed by atoms with Gasteiger partial charge in [0.2, 0.25) is 10.0 Å². The molecule has 2 aliphatic rings. The van der Waals surface area contributed by atoms with Gasteiger partial charge in [-0.25, -0.2) is 12.7 Å². The molecule has 0 aliphatic carbocycles. The summed E-state index contributed by atoms with van der Waals surface area (Å²) in [6, 6.07) is 5.12. The van der Waals surface area contributed by atoms with E-state index in [-0.39, 0.29) is 17.2 Å². The first-order valence-electron chi connectivity index (χ1n) is 9.19. The van der Waals surface area contributed by atoms with Gasteiger partial charge in [0.05, 0.1) is 32.6 Å². The van der Waals surface area contributed by atoms with Crippen molar-refractivity contribution in [2.45, 2.75) is 6.42 Å². The summed E-state index contributed by atoms with van der Waals surface area (Å²) in [4.78, 5) is 14.9. The number of hydrogen-bond acceptors (Lipinski definition) is 6. The van der Waals surface area contributed by atoms with Gasteiger partial charge in [0, 0.05) is 44.8 Å². The second kappa shape index (κ2) is 7.88. The number of nitrogens with zero attached hydrogens (tertiary/aromatic N) is 2. The third kappa shape index (κ3) is 3.83. The number of piperidine rings is 1. The molecule has 2 fully saturated rings. The molecule has 0 saturated carbocycles. The lowest BCUT2D eigenvalue weighted by Crippen LogP contribution is -2.50. The fourth-order valence-corrected chi connectivity index (χ4v) is 5.28. The predicted octanol–water partition coefficient (Wildman–Crippen LogP) is 1.07. The molecule has 0 bridgehead atoms. The molecule has 2 heterocycles. The largest absolute Gasteiger partial charge is 0.497 e. The molecule has 2 atom stereocenters. The van der Waals surface area contributed by atoms with E-state index in [2.05, 4.69) is 0 Å². The van der Waals surface area contributed by atoms with Crippen molar-refractivity contribution in [3.63, 3.8) is 0 Å². The number of fused-ring (bicyclic) bond motifs is 1. The molecular weight excluding hydrogens is 384 g/mol. The van der Waals surface area contributed by atoms with E-state index in [9.17, 15) is 13.2 Å². The lowest BCUT2D eigenvalue weighted by Gasteiger charge is -2.43. The van der Waals surface area contributed by atoms with Crippen LogP contribution in [0.4, 0.5) is 0 Å².